The van der Waals surface area contributed by atoms with Gasteiger partial charge in [-0.15, -0.1) is 10.2 Å². The lowest BCUT2D eigenvalue weighted by molar-refractivity contribution is 0.188. The van der Waals surface area contributed by atoms with Crippen molar-refractivity contribution in [2.75, 3.05) is 26.8 Å². The lowest BCUT2D eigenvalue weighted by Gasteiger charge is -2.37. The van der Waals surface area contributed by atoms with Gasteiger partial charge in [-0.3, -0.25) is 0 Å². The summed E-state index contributed by atoms with van der Waals surface area (Å²) in [6.07, 6.45) is 7.89. The van der Waals surface area contributed by atoms with E-state index >= 15 is 0 Å². The minimum absolute atomic E-state index is 0.447. The maximum Gasteiger partial charge on any atom is 0.265 e. The molecule has 1 N–H and O–H groups in total. The van der Waals surface area contributed by atoms with Gasteiger partial charge in [0.15, 0.2) is 0 Å². The average Bonchev–Trinajstić information content (AvgIpc) is 3.29. The van der Waals surface area contributed by atoms with E-state index in [2.05, 4.69) is 47.3 Å². The molecule has 3 unspecified atom stereocenters. The molecule has 0 saturated carbocycles. The number of aromatic nitrogens is 4. The van der Waals surface area contributed by atoms with E-state index in [-0.39, 0.29) is 0 Å². The topological polar surface area (TPSA) is 78.0 Å². The quantitative estimate of drug-likeness (QED) is 0.526. The molecule has 0 aromatic carbocycles. The number of rotatable bonds is 9. The van der Waals surface area contributed by atoms with E-state index in [0.717, 1.165) is 38.2 Å². The summed E-state index contributed by atoms with van der Waals surface area (Å²) in [4.78, 5) is 4.12. The Labute approximate surface area is 167 Å². The molecule has 2 aromatic rings. The van der Waals surface area contributed by atoms with Crippen LogP contribution in [0.2, 0.25) is 0 Å². The van der Waals surface area contributed by atoms with E-state index in [0.29, 0.717) is 35.5 Å². The SMILES string of the molecule is COCCNCC1C=C(C)C(Cc2nnc(-c3cncn3C)o2)CC1C(C)C. The number of nitrogens with one attached hydrogen (secondary N) is 1. The summed E-state index contributed by atoms with van der Waals surface area (Å²) in [6.45, 7) is 9.54. The Balaban J connectivity index is 1.67. The van der Waals surface area contributed by atoms with Crippen LogP contribution in [0.15, 0.2) is 28.6 Å². The highest BCUT2D eigenvalue weighted by molar-refractivity contribution is 5.44. The molecule has 1 aliphatic rings. The predicted molar refractivity (Wildman–Crippen MR) is 109 cm³/mol. The van der Waals surface area contributed by atoms with Gasteiger partial charge in [-0.1, -0.05) is 25.5 Å². The van der Waals surface area contributed by atoms with Gasteiger partial charge in [-0.2, -0.15) is 0 Å². The second-order valence-electron chi connectivity index (χ2n) is 8.21. The van der Waals surface area contributed by atoms with Gasteiger partial charge in [0.05, 0.1) is 19.1 Å². The minimum atomic E-state index is 0.447. The third kappa shape index (κ3) is 4.89. The van der Waals surface area contributed by atoms with Crippen LogP contribution >= 0.6 is 0 Å². The Bertz CT molecular complexity index is 779. The molecule has 28 heavy (non-hydrogen) atoms. The summed E-state index contributed by atoms with van der Waals surface area (Å²) in [5.74, 6) is 3.52. The number of hydrogen-bond acceptors (Lipinski definition) is 6. The van der Waals surface area contributed by atoms with E-state index in [1.165, 1.54) is 5.57 Å². The van der Waals surface area contributed by atoms with E-state index in [9.17, 15) is 0 Å². The summed E-state index contributed by atoms with van der Waals surface area (Å²) in [6, 6.07) is 0. The van der Waals surface area contributed by atoms with Crippen LogP contribution in [0.3, 0.4) is 0 Å². The number of imidazole rings is 1. The molecular weight excluding hydrogens is 354 g/mol. The van der Waals surface area contributed by atoms with Crippen molar-refractivity contribution in [3.63, 3.8) is 0 Å². The molecule has 154 valence electrons. The van der Waals surface area contributed by atoms with Gasteiger partial charge in [-0.05, 0) is 37.0 Å². The van der Waals surface area contributed by atoms with Crippen molar-refractivity contribution in [2.24, 2.45) is 30.7 Å². The first kappa shape index (κ1) is 20.7. The fourth-order valence-corrected chi connectivity index (χ4v) is 4.16. The number of ether oxygens (including phenoxy) is 1. The molecule has 7 nitrogen and oxygen atoms in total. The van der Waals surface area contributed by atoms with E-state index in [1.807, 2.05) is 11.6 Å². The molecule has 0 radical (unpaired) electrons. The van der Waals surface area contributed by atoms with Crippen LogP contribution in [0.4, 0.5) is 0 Å². The smallest absolute Gasteiger partial charge is 0.265 e. The molecule has 0 spiro atoms. The van der Waals surface area contributed by atoms with Crippen LogP contribution in [0.1, 0.15) is 33.1 Å². The molecule has 0 aliphatic heterocycles. The number of nitrogens with zero attached hydrogens (tertiary/aromatic N) is 4. The van der Waals surface area contributed by atoms with Crippen LogP contribution in [0.5, 0.6) is 0 Å². The van der Waals surface area contributed by atoms with Crippen LogP contribution in [0, 0.1) is 23.7 Å². The van der Waals surface area contributed by atoms with Crippen LogP contribution in [-0.4, -0.2) is 46.6 Å². The third-order valence-corrected chi connectivity index (χ3v) is 5.87. The highest BCUT2D eigenvalue weighted by Gasteiger charge is 2.32. The van der Waals surface area contributed by atoms with Gasteiger partial charge in [0.2, 0.25) is 5.89 Å². The monoisotopic (exact) mass is 387 g/mol. The van der Waals surface area contributed by atoms with Gasteiger partial charge < -0.3 is 19.0 Å². The zero-order valence-corrected chi connectivity index (χ0v) is 17.7. The standard InChI is InChI=1S/C21H33N5O2/c1-14(2)18-9-16(15(3)8-17(18)11-22-6-7-27-5)10-20-24-25-21(28-20)19-12-23-13-26(19)4/h8,12-14,16-18,22H,6-7,9-11H2,1-5H3. The number of allylic oxidation sites excluding steroid dienone is 1. The Morgan fingerprint density at radius 1 is 1.36 bits per heavy atom. The summed E-state index contributed by atoms with van der Waals surface area (Å²) >= 11 is 0. The second-order valence-corrected chi connectivity index (χ2v) is 8.21. The fraction of sp³-hybridized carbons (Fsp3) is 0.667. The Morgan fingerprint density at radius 3 is 2.86 bits per heavy atom. The molecule has 1 aliphatic carbocycles. The number of aryl methyl sites for hydroxylation is 1. The zero-order valence-electron chi connectivity index (χ0n) is 17.7. The first-order valence-electron chi connectivity index (χ1n) is 10.2. The molecule has 3 rings (SSSR count). The highest BCUT2D eigenvalue weighted by Crippen LogP contribution is 2.38. The molecule has 0 saturated heterocycles. The maximum atomic E-state index is 5.94. The van der Waals surface area contributed by atoms with Crippen molar-refractivity contribution in [3.8, 4) is 11.6 Å². The molecule has 3 atom stereocenters. The Morgan fingerprint density at radius 2 is 2.18 bits per heavy atom. The summed E-state index contributed by atoms with van der Waals surface area (Å²) < 4.78 is 13.0. The molecular formula is C21H33N5O2. The van der Waals surface area contributed by atoms with Crippen molar-refractivity contribution in [3.05, 3.63) is 30.1 Å². The molecule has 0 amide bonds. The van der Waals surface area contributed by atoms with E-state index in [1.54, 1.807) is 19.6 Å². The summed E-state index contributed by atoms with van der Waals surface area (Å²) in [5.41, 5.74) is 2.27. The predicted octanol–water partition coefficient (Wildman–Crippen LogP) is 3.10. The zero-order chi connectivity index (χ0) is 20.1. The lowest BCUT2D eigenvalue weighted by atomic mass is 9.70. The first-order chi connectivity index (χ1) is 13.5. The largest absolute Gasteiger partial charge is 0.419 e. The third-order valence-electron chi connectivity index (χ3n) is 5.87. The fourth-order valence-electron chi connectivity index (χ4n) is 4.16. The van der Waals surface area contributed by atoms with Gasteiger partial charge in [-0.25, -0.2) is 4.98 Å². The Kier molecular flexibility index (Phi) is 7.02. The van der Waals surface area contributed by atoms with Crippen molar-refractivity contribution >= 4 is 0 Å². The van der Waals surface area contributed by atoms with Gasteiger partial charge >= 0.3 is 0 Å². The molecule has 7 heteroatoms. The summed E-state index contributed by atoms with van der Waals surface area (Å²) in [5, 5.41) is 12.0. The molecule has 2 aromatic heterocycles. The van der Waals surface area contributed by atoms with Crippen molar-refractivity contribution in [1.82, 2.24) is 25.1 Å². The van der Waals surface area contributed by atoms with Gasteiger partial charge in [0, 0.05) is 33.7 Å². The molecule has 0 bridgehead atoms. The highest BCUT2D eigenvalue weighted by atomic mass is 16.5. The number of methoxy groups -OCH3 is 1. The van der Waals surface area contributed by atoms with E-state index < -0.39 is 0 Å². The average molecular weight is 388 g/mol. The van der Waals surface area contributed by atoms with Crippen molar-refractivity contribution in [1.29, 1.82) is 0 Å². The van der Waals surface area contributed by atoms with Crippen molar-refractivity contribution in [2.45, 2.75) is 33.6 Å². The normalized spacial score (nSPS) is 22.6. The van der Waals surface area contributed by atoms with Crippen molar-refractivity contribution < 1.29 is 9.15 Å². The summed E-state index contributed by atoms with van der Waals surface area (Å²) in [7, 11) is 3.67. The Hall–Kier alpha value is -1.99. The first-order valence-corrected chi connectivity index (χ1v) is 10.2. The van der Waals surface area contributed by atoms with E-state index in [4.69, 9.17) is 9.15 Å². The molecule has 2 heterocycles. The van der Waals surface area contributed by atoms with Gasteiger partial charge in [0.25, 0.3) is 5.89 Å². The second kappa shape index (κ2) is 9.47. The van der Waals surface area contributed by atoms with Crippen LogP contribution in [-0.2, 0) is 18.2 Å². The van der Waals surface area contributed by atoms with Gasteiger partial charge in [0.1, 0.15) is 5.69 Å². The maximum absolute atomic E-state index is 5.94. The lowest BCUT2D eigenvalue weighted by Crippen LogP contribution is -2.35. The van der Waals surface area contributed by atoms with Crippen LogP contribution in [0.25, 0.3) is 11.6 Å². The minimum Gasteiger partial charge on any atom is -0.419 e. The number of hydrogen-bond donors (Lipinski definition) is 1. The molecule has 0 fully saturated rings. The van der Waals surface area contributed by atoms with Crippen LogP contribution < -0.4 is 5.32 Å².